The summed E-state index contributed by atoms with van der Waals surface area (Å²) in [5, 5.41) is 9.15. The van der Waals surface area contributed by atoms with Crippen LogP contribution in [0.25, 0.3) is 0 Å². The first-order valence-electron chi connectivity index (χ1n) is 8.50. The Bertz CT molecular complexity index is 637. The Morgan fingerprint density at radius 1 is 1.17 bits per heavy atom. The van der Waals surface area contributed by atoms with E-state index in [4.69, 9.17) is 14.6 Å². The number of nitrogens with zero attached hydrogens (tertiary/aromatic N) is 1. The molecule has 3 aliphatic rings. The van der Waals surface area contributed by atoms with Crippen molar-refractivity contribution >= 4 is 11.9 Å². The molecule has 6 heteroatoms. The van der Waals surface area contributed by atoms with Crippen LogP contribution in [0.5, 0.6) is 5.75 Å². The van der Waals surface area contributed by atoms with E-state index in [-0.39, 0.29) is 29.8 Å². The summed E-state index contributed by atoms with van der Waals surface area (Å²) in [5.41, 5.74) is 0.621. The number of hydrogen-bond acceptors (Lipinski definition) is 4. The van der Waals surface area contributed by atoms with E-state index in [1.165, 1.54) is 0 Å². The second kappa shape index (κ2) is 6.09. The fraction of sp³-hybridized carbons (Fsp3) is 0.556. The van der Waals surface area contributed by atoms with Gasteiger partial charge in [0.1, 0.15) is 11.9 Å². The van der Waals surface area contributed by atoms with Crippen molar-refractivity contribution in [1.29, 1.82) is 0 Å². The first-order valence-corrected chi connectivity index (χ1v) is 8.50. The molecule has 128 valence electrons. The number of aliphatic carboxylic acids is 1. The van der Waals surface area contributed by atoms with Gasteiger partial charge < -0.3 is 19.5 Å². The van der Waals surface area contributed by atoms with Crippen molar-refractivity contribution < 1.29 is 24.2 Å². The number of rotatable bonds is 4. The Morgan fingerprint density at radius 2 is 1.96 bits per heavy atom. The summed E-state index contributed by atoms with van der Waals surface area (Å²) in [6, 6.07) is 7.19. The highest BCUT2D eigenvalue weighted by Crippen LogP contribution is 2.51. The summed E-state index contributed by atoms with van der Waals surface area (Å²) in [6.45, 7) is 2.54. The average Bonchev–Trinajstić information content (AvgIpc) is 3.10. The van der Waals surface area contributed by atoms with Gasteiger partial charge in [0.2, 0.25) is 0 Å². The van der Waals surface area contributed by atoms with Crippen molar-refractivity contribution in [2.24, 2.45) is 17.8 Å². The largest absolute Gasteiger partial charge is 0.488 e. The lowest BCUT2D eigenvalue weighted by atomic mass is 10.1. The lowest BCUT2D eigenvalue weighted by molar-refractivity contribution is -0.139. The predicted octanol–water partition coefficient (Wildman–Crippen LogP) is 1.65. The van der Waals surface area contributed by atoms with Gasteiger partial charge >= 0.3 is 5.97 Å². The summed E-state index contributed by atoms with van der Waals surface area (Å²) >= 11 is 0. The van der Waals surface area contributed by atoms with Crippen molar-refractivity contribution in [3.05, 3.63) is 29.8 Å². The summed E-state index contributed by atoms with van der Waals surface area (Å²) in [6.07, 6.45) is 1.77. The topological polar surface area (TPSA) is 76.1 Å². The van der Waals surface area contributed by atoms with Gasteiger partial charge in [0.25, 0.3) is 5.91 Å². The standard InChI is InChI=1S/C18H21NO5/c20-17(19-7-5-14-15(9-19)16(14)18(21)22)11-1-3-12(4-2-11)24-13-6-8-23-10-13/h1-4,13-16H,5-10H2,(H,21,22)/t13?,14-,15+,16-/m1/s1. The van der Waals surface area contributed by atoms with Gasteiger partial charge in [-0.15, -0.1) is 0 Å². The van der Waals surface area contributed by atoms with Gasteiger partial charge in [-0.25, -0.2) is 0 Å². The second-order valence-electron chi connectivity index (χ2n) is 6.86. The quantitative estimate of drug-likeness (QED) is 0.908. The SMILES string of the molecule is O=C(O)[C@@H]1[C@@H]2CCN(C(=O)c3ccc(OC4CCOC4)cc3)C[C@@H]21. The van der Waals surface area contributed by atoms with Gasteiger partial charge in [0.15, 0.2) is 0 Å². The van der Waals surface area contributed by atoms with Crippen molar-refractivity contribution in [3.8, 4) is 5.75 Å². The fourth-order valence-corrected chi connectivity index (χ4v) is 3.95. The van der Waals surface area contributed by atoms with Crippen LogP contribution in [0.15, 0.2) is 24.3 Å². The highest BCUT2D eigenvalue weighted by molar-refractivity contribution is 5.94. The summed E-state index contributed by atoms with van der Waals surface area (Å²) in [7, 11) is 0. The van der Waals surface area contributed by atoms with Gasteiger partial charge in [-0.2, -0.15) is 0 Å². The van der Waals surface area contributed by atoms with E-state index in [0.29, 0.717) is 25.3 Å². The molecule has 1 N–H and O–H groups in total. The van der Waals surface area contributed by atoms with Gasteiger partial charge in [0, 0.05) is 25.1 Å². The maximum absolute atomic E-state index is 12.6. The third-order valence-electron chi connectivity index (χ3n) is 5.36. The van der Waals surface area contributed by atoms with E-state index in [2.05, 4.69) is 0 Å². The molecule has 1 unspecified atom stereocenters. The van der Waals surface area contributed by atoms with Crippen LogP contribution in [-0.4, -0.2) is 54.3 Å². The van der Waals surface area contributed by atoms with E-state index < -0.39 is 5.97 Å². The number of carbonyl (C=O) groups excluding carboxylic acids is 1. The van der Waals surface area contributed by atoms with Crippen molar-refractivity contribution in [3.63, 3.8) is 0 Å². The molecule has 1 saturated carbocycles. The van der Waals surface area contributed by atoms with Crippen LogP contribution in [0.2, 0.25) is 0 Å². The van der Waals surface area contributed by atoms with Crippen LogP contribution < -0.4 is 4.74 Å². The average molecular weight is 331 g/mol. The van der Waals surface area contributed by atoms with E-state index in [1.54, 1.807) is 17.0 Å². The molecule has 3 fully saturated rings. The Balaban J connectivity index is 1.37. The van der Waals surface area contributed by atoms with Gasteiger partial charge in [0.05, 0.1) is 19.1 Å². The van der Waals surface area contributed by atoms with Gasteiger partial charge in [-0.05, 0) is 42.5 Å². The maximum Gasteiger partial charge on any atom is 0.307 e. The maximum atomic E-state index is 12.6. The zero-order valence-electron chi connectivity index (χ0n) is 13.4. The number of carbonyl (C=O) groups is 2. The summed E-state index contributed by atoms with van der Waals surface area (Å²) < 4.78 is 11.1. The zero-order chi connectivity index (χ0) is 16.7. The van der Waals surface area contributed by atoms with Crippen LogP contribution in [-0.2, 0) is 9.53 Å². The first kappa shape index (κ1) is 15.4. The second-order valence-corrected chi connectivity index (χ2v) is 6.86. The molecule has 24 heavy (non-hydrogen) atoms. The minimum atomic E-state index is -0.725. The normalized spacial score (nSPS) is 31.4. The number of carboxylic acid groups (broad SMARTS) is 1. The number of hydrogen-bond donors (Lipinski definition) is 1. The van der Waals surface area contributed by atoms with E-state index in [1.807, 2.05) is 12.1 Å². The fourth-order valence-electron chi connectivity index (χ4n) is 3.95. The Hall–Kier alpha value is -2.08. The van der Waals surface area contributed by atoms with Gasteiger partial charge in [-0.3, -0.25) is 9.59 Å². The lowest BCUT2D eigenvalue weighted by Crippen LogP contribution is -2.37. The number of carboxylic acids is 1. The molecule has 2 heterocycles. The smallest absolute Gasteiger partial charge is 0.307 e. The molecule has 2 saturated heterocycles. The summed E-state index contributed by atoms with van der Waals surface area (Å²) in [5.74, 6) is 0.124. The van der Waals surface area contributed by atoms with Gasteiger partial charge in [-0.1, -0.05) is 0 Å². The van der Waals surface area contributed by atoms with Crippen LogP contribution in [0.1, 0.15) is 23.2 Å². The zero-order valence-corrected chi connectivity index (χ0v) is 13.4. The molecule has 0 spiro atoms. The molecule has 4 rings (SSSR count). The molecular formula is C18H21NO5. The summed E-state index contributed by atoms with van der Waals surface area (Å²) in [4.78, 5) is 25.5. The van der Waals surface area contributed by atoms with E-state index >= 15 is 0 Å². The number of benzene rings is 1. The number of piperidine rings is 1. The predicted molar refractivity (Wildman–Crippen MR) is 84.9 cm³/mol. The Labute approximate surface area is 140 Å². The first-order chi connectivity index (χ1) is 11.6. The van der Waals surface area contributed by atoms with Crippen LogP contribution in [0, 0.1) is 17.8 Å². The molecule has 2 aliphatic heterocycles. The Morgan fingerprint density at radius 3 is 2.62 bits per heavy atom. The minimum absolute atomic E-state index is 0.0276. The molecule has 0 bridgehead atoms. The third kappa shape index (κ3) is 2.86. The number of likely N-dealkylation sites (tertiary alicyclic amines) is 1. The molecule has 1 aliphatic carbocycles. The van der Waals surface area contributed by atoms with Crippen molar-refractivity contribution in [2.45, 2.75) is 18.9 Å². The molecule has 1 aromatic carbocycles. The number of ether oxygens (including phenoxy) is 2. The molecule has 6 nitrogen and oxygen atoms in total. The number of amides is 1. The molecular weight excluding hydrogens is 310 g/mol. The van der Waals surface area contributed by atoms with Crippen molar-refractivity contribution in [2.75, 3.05) is 26.3 Å². The van der Waals surface area contributed by atoms with E-state index in [9.17, 15) is 9.59 Å². The third-order valence-corrected chi connectivity index (χ3v) is 5.36. The van der Waals surface area contributed by atoms with Crippen LogP contribution in [0.3, 0.4) is 0 Å². The van der Waals surface area contributed by atoms with E-state index in [0.717, 1.165) is 25.2 Å². The monoisotopic (exact) mass is 331 g/mol. The number of fused-ring (bicyclic) bond motifs is 1. The van der Waals surface area contributed by atoms with Crippen molar-refractivity contribution in [1.82, 2.24) is 4.90 Å². The lowest BCUT2D eigenvalue weighted by Gasteiger charge is -2.26. The molecule has 0 radical (unpaired) electrons. The minimum Gasteiger partial charge on any atom is -0.488 e. The molecule has 1 amide bonds. The molecule has 1 aromatic rings. The highest BCUT2D eigenvalue weighted by atomic mass is 16.5. The van der Waals surface area contributed by atoms with Crippen LogP contribution >= 0.6 is 0 Å². The molecule has 4 atom stereocenters. The van der Waals surface area contributed by atoms with Crippen LogP contribution in [0.4, 0.5) is 0 Å². The molecule has 0 aromatic heterocycles. The Kier molecular flexibility index (Phi) is 3.92. The highest BCUT2D eigenvalue weighted by Gasteiger charge is 2.57.